The van der Waals surface area contributed by atoms with E-state index in [-0.39, 0.29) is 39.1 Å². The molecule has 2 heterocycles. The van der Waals surface area contributed by atoms with E-state index in [9.17, 15) is 18.0 Å². The van der Waals surface area contributed by atoms with Crippen LogP contribution in [0.1, 0.15) is 18.2 Å². The molecule has 2 aromatic heterocycles. The number of hydrogen-bond acceptors (Lipinski definition) is 6. The predicted octanol–water partition coefficient (Wildman–Crippen LogP) is 4.37. The van der Waals surface area contributed by atoms with Crippen molar-refractivity contribution in [2.45, 2.75) is 26.1 Å². The highest BCUT2D eigenvalue weighted by Gasteiger charge is 2.36. The van der Waals surface area contributed by atoms with Crippen molar-refractivity contribution in [2.24, 2.45) is 7.05 Å². The average molecular weight is 473 g/mol. The molecule has 0 aliphatic rings. The Morgan fingerprint density at radius 1 is 1.19 bits per heavy atom. The average Bonchev–Trinajstić information content (AvgIpc) is 3.00. The lowest BCUT2D eigenvalue weighted by Gasteiger charge is -2.17. The number of nitrogens with zero attached hydrogens (tertiary/aromatic N) is 3. The molecule has 0 unspecified atom stereocenters. The standard InChI is InChI=1S/C20H20ClF3N4O4/c1-9-17-11(20(22,23)24)6-16(26-18(17)28(3)27-9)32-10(2)19(29)25-13-7-12(21)14(30-4)8-15(13)31-5/h6-8,10H,1-5H3,(H,25,29)/t10-/m1/s1. The number of amides is 1. The number of carbonyl (C=O) groups excluding carboxylic acids is 1. The van der Waals surface area contributed by atoms with E-state index in [4.69, 9.17) is 25.8 Å². The topological polar surface area (TPSA) is 87.5 Å². The number of nitrogens with one attached hydrogen (secondary N) is 1. The molecule has 0 saturated heterocycles. The summed E-state index contributed by atoms with van der Waals surface area (Å²) in [6, 6.07) is 3.67. The van der Waals surface area contributed by atoms with Gasteiger partial charge in [-0.25, -0.2) is 0 Å². The fourth-order valence-corrected chi connectivity index (χ4v) is 3.37. The SMILES string of the molecule is COc1cc(OC)c(NC(=O)[C@@H](C)Oc2cc(C(F)(F)F)c3c(C)nn(C)c3n2)cc1Cl. The molecule has 0 bridgehead atoms. The molecule has 1 N–H and O–H groups in total. The lowest BCUT2D eigenvalue weighted by atomic mass is 10.1. The minimum Gasteiger partial charge on any atom is -0.495 e. The Bertz CT molecular complexity index is 1180. The summed E-state index contributed by atoms with van der Waals surface area (Å²) in [6.07, 6.45) is -5.85. The normalized spacial score (nSPS) is 12.5. The Morgan fingerprint density at radius 2 is 1.84 bits per heavy atom. The third kappa shape index (κ3) is 4.52. The molecule has 3 aromatic rings. The maximum absolute atomic E-state index is 13.6. The Morgan fingerprint density at radius 3 is 2.44 bits per heavy atom. The van der Waals surface area contributed by atoms with Crippen molar-refractivity contribution in [1.82, 2.24) is 14.8 Å². The van der Waals surface area contributed by atoms with E-state index in [2.05, 4.69) is 15.4 Å². The van der Waals surface area contributed by atoms with Crippen LogP contribution in [0.15, 0.2) is 18.2 Å². The second-order valence-electron chi connectivity index (χ2n) is 6.85. The monoisotopic (exact) mass is 472 g/mol. The minimum atomic E-state index is -4.66. The molecule has 3 rings (SSSR count). The second-order valence-corrected chi connectivity index (χ2v) is 7.26. The highest BCUT2D eigenvalue weighted by Crippen LogP contribution is 2.38. The van der Waals surface area contributed by atoms with Crippen LogP contribution in [0.4, 0.5) is 18.9 Å². The molecule has 0 saturated carbocycles. The zero-order valence-corrected chi connectivity index (χ0v) is 18.6. The maximum atomic E-state index is 13.6. The van der Waals surface area contributed by atoms with E-state index in [0.29, 0.717) is 5.75 Å². The number of alkyl halides is 3. The summed E-state index contributed by atoms with van der Waals surface area (Å²) in [5.41, 5.74) is -0.536. The fraction of sp³-hybridized carbons (Fsp3) is 0.350. The summed E-state index contributed by atoms with van der Waals surface area (Å²) in [4.78, 5) is 16.7. The number of benzene rings is 1. The number of pyridine rings is 1. The lowest BCUT2D eigenvalue weighted by Crippen LogP contribution is -2.30. The fourth-order valence-electron chi connectivity index (χ4n) is 3.13. The molecule has 0 radical (unpaired) electrons. The number of halogens is 4. The van der Waals surface area contributed by atoms with Crippen molar-refractivity contribution in [3.05, 3.63) is 34.5 Å². The Balaban J connectivity index is 1.89. The van der Waals surface area contributed by atoms with Crippen LogP contribution in [0.3, 0.4) is 0 Å². The summed E-state index contributed by atoms with van der Waals surface area (Å²) >= 11 is 6.10. The van der Waals surface area contributed by atoms with Crippen LogP contribution in [-0.2, 0) is 18.0 Å². The van der Waals surface area contributed by atoms with Crippen LogP contribution in [0.2, 0.25) is 5.02 Å². The van der Waals surface area contributed by atoms with Crippen LogP contribution in [0.5, 0.6) is 17.4 Å². The first-order chi connectivity index (χ1) is 15.0. The van der Waals surface area contributed by atoms with Crippen molar-refractivity contribution < 1.29 is 32.2 Å². The molecule has 12 heteroatoms. The molecular weight excluding hydrogens is 453 g/mol. The van der Waals surface area contributed by atoms with E-state index in [0.717, 1.165) is 6.07 Å². The third-order valence-electron chi connectivity index (χ3n) is 4.65. The number of anilines is 1. The molecular formula is C20H20ClF3N4O4. The zero-order chi connectivity index (χ0) is 23.8. The molecule has 0 fully saturated rings. The summed E-state index contributed by atoms with van der Waals surface area (Å²) in [7, 11) is 4.30. The van der Waals surface area contributed by atoms with Crippen LogP contribution in [-0.4, -0.2) is 41.0 Å². The predicted molar refractivity (Wildman–Crippen MR) is 112 cm³/mol. The molecule has 0 aliphatic heterocycles. The van der Waals surface area contributed by atoms with Gasteiger partial charge in [0.1, 0.15) is 11.5 Å². The van der Waals surface area contributed by atoms with Crippen LogP contribution in [0, 0.1) is 6.92 Å². The highest BCUT2D eigenvalue weighted by molar-refractivity contribution is 6.32. The third-order valence-corrected chi connectivity index (χ3v) is 4.94. The first kappa shape index (κ1) is 23.5. The minimum absolute atomic E-state index is 0.0106. The number of carbonyl (C=O) groups is 1. The number of fused-ring (bicyclic) bond motifs is 1. The van der Waals surface area contributed by atoms with Gasteiger partial charge in [0.15, 0.2) is 11.8 Å². The molecule has 32 heavy (non-hydrogen) atoms. The van der Waals surface area contributed by atoms with Gasteiger partial charge in [0, 0.05) is 19.2 Å². The number of hydrogen-bond donors (Lipinski definition) is 1. The number of rotatable bonds is 6. The van der Waals surface area contributed by atoms with E-state index in [1.54, 1.807) is 0 Å². The number of aryl methyl sites for hydroxylation is 2. The molecule has 0 aliphatic carbocycles. The van der Waals surface area contributed by atoms with Gasteiger partial charge in [-0.1, -0.05) is 11.6 Å². The molecule has 1 amide bonds. The lowest BCUT2D eigenvalue weighted by molar-refractivity contribution is -0.136. The maximum Gasteiger partial charge on any atom is 0.417 e. The number of ether oxygens (including phenoxy) is 3. The van der Waals surface area contributed by atoms with E-state index in [1.807, 2.05) is 0 Å². The smallest absolute Gasteiger partial charge is 0.417 e. The van der Waals surface area contributed by atoms with Crippen molar-refractivity contribution in [2.75, 3.05) is 19.5 Å². The summed E-state index contributed by atoms with van der Waals surface area (Å²) in [6.45, 7) is 2.84. The molecule has 1 atom stereocenters. The van der Waals surface area contributed by atoms with Gasteiger partial charge in [-0.2, -0.15) is 23.3 Å². The van der Waals surface area contributed by atoms with Gasteiger partial charge >= 0.3 is 6.18 Å². The quantitative estimate of drug-likeness (QED) is 0.573. The molecule has 0 spiro atoms. The number of aromatic nitrogens is 3. The summed E-state index contributed by atoms with van der Waals surface area (Å²) in [5, 5.41) is 6.68. The Labute approximate surface area is 186 Å². The van der Waals surface area contributed by atoms with Crippen molar-refractivity contribution >= 4 is 34.2 Å². The summed E-state index contributed by atoms with van der Waals surface area (Å²) < 4.78 is 57.8. The molecule has 172 valence electrons. The van der Waals surface area contributed by atoms with Crippen molar-refractivity contribution in [3.8, 4) is 17.4 Å². The van der Waals surface area contributed by atoms with Crippen molar-refractivity contribution in [1.29, 1.82) is 0 Å². The molecule has 8 nitrogen and oxygen atoms in total. The van der Waals surface area contributed by atoms with E-state index in [1.165, 1.54) is 51.9 Å². The van der Waals surface area contributed by atoms with Gasteiger partial charge < -0.3 is 19.5 Å². The Kier molecular flexibility index (Phi) is 6.40. The van der Waals surface area contributed by atoms with Crippen LogP contribution in [0.25, 0.3) is 11.0 Å². The highest BCUT2D eigenvalue weighted by atomic mass is 35.5. The van der Waals surface area contributed by atoms with Gasteiger partial charge in [-0.05, 0) is 19.9 Å². The first-order valence-electron chi connectivity index (χ1n) is 9.26. The van der Waals surface area contributed by atoms with Crippen LogP contribution >= 0.6 is 11.6 Å². The molecule has 1 aromatic carbocycles. The van der Waals surface area contributed by atoms with Gasteiger partial charge in [-0.3, -0.25) is 9.48 Å². The van der Waals surface area contributed by atoms with Crippen molar-refractivity contribution in [3.63, 3.8) is 0 Å². The van der Waals surface area contributed by atoms with E-state index < -0.39 is 23.8 Å². The van der Waals surface area contributed by atoms with E-state index >= 15 is 0 Å². The van der Waals surface area contributed by atoms with Gasteiger partial charge in [0.25, 0.3) is 5.91 Å². The largest absolute Gasteiger partial charge is 0.495 e. The van der Waals surface area contributed by atoms with Crippen LogP contribution < -0.4 is 19.5 Å². The number of methoxy groups -OCH3 is 2. The summed E-state index contributed by atoms with van der Waals surface area (Å²) in [5.74, 6) is -0.401. The second kappa shape index (κ2) is 8.73. The van der Waals surface area contributed by atoms with Gasteiger partial charge in [-0.15, -0.1) is 0 Å². The van der Waals surface area contributed by atoms with Gasteiger partial charge in [0.05, 0.1) is 41.6 Å². The Hall–Kier alpha value is -3.21. The van der Waals surface area contributed by atoms with Gasteiger partial charge in [0.2, 0.25) is 5.88 Å². The first-order valence-corrected chi connectivity index (χ1v) is 9.64. The zero-order valence-electron chi connectivity index (χ0n) is 17.8.